The van der Waals surface area contributed by atoms with Gasteiger partial charge in [0.1, 0.15) is 0 Å². The van der Waals surface area contributed by atoms with Gasteiger partial charge in [-0.2, -0.15) is 26.3 Å². The number of carbonyl (C=O) groups excluding carboxylic acids is 1. The second kappa shape index (κ2) is 8.42. The van der Waals surface area contributed by atoms with Crippen molar-refractivity contribution < 1.29 is 31.1 Å². The Balaban J connectivity index is 1.45. The van der Waals surface area contributed by atoms with E-state index >= 15 is 0 Å². The zero-order chi connectivity index (χ0) is 24.1. The summed E-state index contributed by atoms with van der Waals surface area (Å²) in [6.07, 6.45) is -9.57. The first-order chi connectivity index (χ1) is 15.3. The Bertz CT molecular complexity index is 1030. The third-order valence-corrected chi connectivity index (χ3v) is 6.48. The number of anilines is 1. The molecule has 0 N–H and O–H groups in total. The van der Waals surface area contributed by atoms with E-state index in [2.05, 4.69) is 4.90 Å². The number of benzene rings is 2. The number of aryl methyl sites for hydroxylation is 1. The highest BCUT2D eigenvalue weighted by atomic mass is 35.5. The minimum atomic E-state index is -4.90. The predicted octanol–water partition coefficient (Wildman–Crippen LogP) is 6.14. The summed E-state index contributed by atoms with van der Waals surface area (Å²) in [5.41, 5.74) is -0.774. The molecule has 1 heterocycles. The fraction of sp³-hybridized carbons (Fsp3) is 0.435. The Kier molecular flexibility index (Phi) is 6.05. The number of piperazine rings is 1. The summed E-state index contributed by atoms with van der Waals surface area (Å²) in [4.78, 5) is 16.7. The standard InChI is InChI=1S/C23H21ClF6N2O/c1-13-2-3-17(24)11-20(13)31-4-6-32(7-5-31)21(33)19-12-18(19)14-8-15(22(25,26)27)10-16(9-14)23(28,29)30/h2-3,8-11,18-19H,4-7,12H2,1H3/t18-,19?/m0/s1. The summed E-state index contributed by atoms with van der Waals surface area (Å²) in [5, 5.41) is 0.606. The number of amides is 1. The van der Waals surface area contributed by atoms with Crippen LogP contribution in [0.3, 0.4) is 0 Å². The van der Waals surface area contributed by atoms with E-state index in [9.17, 15) is 31.1 Å². The van der Waals surface area contributed by atoms with Crippen molar-refractivity contribution in [2.75, 3.05) is 31.1 Å². The highest BCUT2D eigenvalue weighted by Crippen LogP contribution is 2.50. The summed E-state index contributed by atoms with van der Waals surface area (Å²) < 4.78 is 78.8. The molecule has 1 aliphatic heterocycles. The summed E-state index contributed by atoms with van der Waals surface area (Å²) in [5.74, 6) is -1.48. The maximum absolute atomic E-state index is 13.1. The molecule has 0 radical (unpaired) electrons. The number of carbonyl (C=O) groups is 1. The van der Waals surface area contributed by atoms with Gasteiger partial charge in [-0.25, -0.2) is 0 Å². The molecule has 1 unspecified atom stereocenters. The lowest BCUT2D eigenvalue weighted by Crippen LogP contribution is -2.49. The van der Waals surface area contributed by atoms with Crippen molar-refractivity contribution in [1.82, 2.24) is 4.90 Å². The first-order valence-electron chi connectivity index (χ1n) is 10.4. The molecule has 3 nitrogen and oxygen atoms in total. The van der Waals surface area contributed by atoms with Crippen LogP contribution >= 0.6 is 11.6 Å². The van der Waals surface area contributed by atoms with Crippen LogP contribution in [0.15, 0.2) is 36.4 Å². The van der Waals surface area contributed by atoms with Crippen LogP contribution in [0, 0.1) is 12.8 Å². The van der Waals surface area contributed by atoms with E-state index in [0.717, 1.165) is 23.4 Å². The van der Waals surface area contributed by atoms with Crippen LogP contribution in [0.25, 0.3) is 0 Å². The molecule has 33 heavy (non-hydrogen) atoms. The van der Waals surface area contributed by atoms with Crippen LogP contribution in [0.4, 0.5) is 32.0 Å². The number of hydrogen-bond donors (Lipinski definition) is 0. The lowest BCUT2D eigenvalue weighted by atomic mass is 10.0. The number of alkyl halides is 6. The molecule has 2 aromatic rings. The minimum Gasteiger partial charge on any atom is -0.368 e. The van der Waals surface area contributed by atoms with Crippen LogP contribution in [-0.4, -0.2) is 37.0 Å². The highest BCUT2D eigenvalue weighted by molar-refractivity contribution is 6.30. The third-order valence-electron chi connectivity index (χ3n) is 6.25. The van der Waals surface area contributed by atoms with Gasteiger partial charge in [-0.3, -0.25) is 4.79 Å². The molecule has 1 amide bonds. The molecule has 0 bridgehead atoms. The zero-order valence-corrected chi connectivity index (χ0v) is 18.4. The minimum absolute atomic E-state index is 0.0938. The van der Waals surface area contributed by atoms with Crippen LogP contribution in [-0.2, 0) is 17.1 Å². The molecule has 10 heteroatoms. The molecule has 178 valence electrons. The summed E-state index contributed by atoms with van der Waals surface area (Å²) >= 11 is 6.09. The SMILES string of the molecule is Cc1ccc(Cl)cc1N1CCN(C(=O)C2C[C@H]2c2cc(C(F)(F)F)cc(C(F)(F)F)c2)CC1. The number of nitrogens with zero attached hydrogens (tertiary/aromatic N) is 2. The topological polar surface area (TPSA) is 23.6 Å². The Hall–Kier alpha value is -2.42. The Morgan fingerprint density at radius 3 is 2.03 bits per heavy atom. The van der Waals surface area contributed by atoms with Crippen molar-refractivity contribution in [3.8, 4) is 0 Å². The Morgan fingerprint density at radius 2 is 1.48 bits per heavy atom. The quantitative estimate of drug-likeness (QED) is 0.483. The van der Waals surface area contributed by atoms with E-state index in [4.69, 9.17) is 11.6 Å². The molecule has 1 saturated carbocycles. The van der Waals surface area contributed by atoms with Crippen LogP contribution in [0.2, 0.25) is 5.02 Å². The normalized spacial score (nSPS) is 21.3. The fourth-order valence-electron chi connectivity index (χ4n) is 4.35. The van der Waals surface area contributed by atoms with E-state index in [1.165, 1.54) is 0 Å². The first-order valence-corrected chi connectivity index (χ1v) is 10.8. The highest BCUT2D eigenvalue weighted by Gasteiger charge is 2.48. The van der Waals surface area contributed by atoms with E-state index < -0.39 is 35.3 Å². The summed E-state index contributed by atoms with van der Waals surface area (Å²) in [7, 11) is 0. The monoisotopic (exact) mass is 490 g/mol. The number of rotatable bonds is 3. The van der Waals surface area contributed by atoms with Gasteiger partial charge in [0.05, 0.1) is 11.1 Å². The summed E-state index contributed by atoms with van der Waals surface area (Å²) in [6.45, 7) is 3.93. The van der Waals surface area contributed by atoms with Gasteiger partial charge in [0.15, 0.2) is 0 Å². The smallest absolute Gasteiger partial charge is 0.368 e. The molecule has 0 spiro atoms. The molecule has 2 aliphatic rings. The average molecular weight is 491 g/mol. The van der Waals surface area contributed by atoms with Gasteiger partial charge in [0.2, 0.25) is 5.91 Å². The molecule has 0 aromatic heterocycles. The van der Waals surface area contributed by atoms with Crippen molar-refractivity contribution in [2.45, 2.75) is 31.6 Å². The van der Waals surface area contributed by atoms with Crippen molar-refractivity contribution >= 4 is 23.2 Å². The lowest BCUT2D eigenvalue weighted by molar-refractivity contribution is -0.143. The van der Waals surface area contributed by atoms with Crippen LogP contribution in [0.1, 0.15) is 34.6 Å². The maximum Gasteiger partial charge on any atom is 0.416 e. The van der Waals surface area contributed by atoms with E-state index in [-0.39, 0.29) is 24.0 Å². The van der Waals surface area contributed by atoms with Crippen molar-refractivity contribution in [1.29, 1.82) is 0 Å². The van der Waals surface area contributed by atoms with E-state index in [1.807, 2.05) is 19.1 Å². The molecule has 2 aromatic carbocycles. The molecular weight excluding hydrogens is 470 g/mol. The average Bonchev–Trinajstić information content (AvgIpc) is 3.54. The predicted molar refractivity (Wildman–Crippen MR) is 112 cm³/mol. The fourth-order valence-corrected chi connectivity index (χ4v) is 4.52. The molecule has 1 aliphatic carbocycles. The molecule has 2 fully saturated rings. The second-order valence-corrected chi connectivity index (χ2v) is 8.97. The largest absolute Gasteiger partial charge is 0.416 e. The molecule has 2 atom stereocenters. The van der Waals surface area contributed by atoms with Crippen molar-refractivity contribution in [2.24, 2.45) is 5.92 Å². The van der Waals surface area contributed by atoms with Gasteiger partial charge in [0, 0.05) is 42.8 Å². The van der Waals surface area contributed by atoms with Crippen molar-refractivity contribution in [3.63, 3.8) is 0 Å². The molecule has 4 rings (SSSR count). The Morgan fingerprint density at radius 1 is 0.909 bits per heavy atom. The maximum atomic E-state index is 13.1. The van der Waals surface area contributed by atoms with Crippen molar-refractivity contribution in [3.05, 3.63) is 63.7 Å². The molecular formula is C23H21ClF6N2O. The first kappa shape index (κ1) is 23.7. The van der Waals surface area contributed by atoms with E-state index in [1.54, 1.807) is 11.0 Å². The van der Waals surface area contributed by atoms with E-state index in [0.29, 0.717) is 31.2 Å². The number of halogens is 7. The second-order valence-electron chi connectivity index (χ2n) is 8.53. The molecule has 1 saturated heterocycles. The van der Waals surface area contributed by atoms with Gasteiger partial charge >= 0.3 is 12.4 Å². The number of hydrogen-bond acceptors (Lipinski definition) is 2. The van der Waals surface area contributed by atoms with Gasteiger partial charge in [-0.05, 0) is 60.7 Å². The summed E-state index contributed by atoms with van der Waals surface area (Å²) in [6, 6.07) is 7.14. The van der Waals surface area contributed by atoms with Gasteiger partial charge < -0.3 is 9.80 Å². The van der Waals surface area contributed by atoms with Gasteiger partial charge in [0.25, 0.3) is 0 Å². The lowest BCUT2D eigenvalue weighted by Gasteiger charge is -2.37. The van der Waals surface area contributed by atoms with Crippen LogP contribution in [0.5, 0.6) is 0 Å². The Labute approximate surface area is 191 Å². The third kappa shape index (κ3) is 5.08. The van der Waals surface area contributed by atoms with Gasteiger partial charge in [-0.15, -0.1) is 0 Å². The zero-order valence-electron chi connectivity index (χ0n) is 17.6. The van der Waals surface area contributed by atoms with Gasteiger partial charge in [-0.1, -0.05) is 17.7 Å². The van der Waals surface area contributed by atoms with Crippen LogP contribution < -0.4 is 4.90 Å².